The fourth-order valence-corrected chi connectivity index (χ4v) is 6.16. The molecule has 0 bridgehead atoms. The van der Waals surface area contributed by atoms with Crippen LogP contribution in [0.4, 0.5) is 5.69 Å². The van der Waals surface area contributed by atoms with Crippen molar-refractivity contribution < 1.29 is 18.0 Å². The Morgan fingerprint density at radius 2 is 1.46 bits per heavy atom. The maximum absolute atomic E-state index is 13.9. The van der Waals surface area contributed by atoms with E-state index in [4.69, 9.17) is 46.4 Å². The number of sulfonamides is 1. The molecule has 3 aromatic rings. The van der Waals surface area contributed by atoms with Crippen LogP contribution < -0.4 is 9.62 Å². The lowest BCUT2D eigenvalue weighted by molar-refractivity contribution is -0.139. The van der Waals surface area contributed by atoms with Gasteiger partial charge in [-0.15, -0.1) is 0 Å². The third-order valence-electron chi connectivity index (χ3n) is 5.92. The van der Waals surface area contributed by atoms with Gasteiger partial charge in [-0.05, 0) is 49.7 Å². The van der Waals surface area contributed by atoms with Crippen molar-refractivity contribution in [1.29, 1.82) is 0 Å². The summed E-state index contributed by atoms with van der Waals surface area (Å²) in [5, 5.41) is 3.44. The molecule has 0 saturated carbocycles. The number of carbonyl (C=O) groups is 2. The summed E-state index contributed by atoms with van der Waals surface area (Å²) in [5.41, 5.74) is 0.433. The number of amides is 2. The highest BCUT2D eigenvalue weighted by atomic mass is 35.5. The average Bonchev–Trinajstić information content (AvgIpc) is 2.92. The first-order valence-corrected chi connectivity index (χ1v) is 15.0. The van der Waals surface area contributed by atoms with Gasteiger partial charge in [-0.25, -0.2) is 8.42 Å². The summed E-state index contributed by atoms with van der Waals surface area (Å²) in [6.07, 6.45) is 0.694. The summed E-state index contributed by atoms with van der Waals surface area (Å²) in [4.78, 5) is 28.1. The number of nitrogens with zero attached hydrogens (tertiary/aromatic N) is 2. The highest BCUT2D eigenvalue weighted by Crippen LogP contribution is 2.36. The highest BCUT2D eigenvalue weighted by molar-refractivity contribution is 7.92. The minimum atomic E-state index is -4.28. The molecule has 0 aliphatic carbocycles. The molecule has 7 nitrogen and oxygen atoms in total. The number of nitrogens with one attached hydrogen (secondary N) is 1. The molecule has 3 aromatic carbocycles. The van der Waals surface area contributed by atoms with Crippen LogP contribution in [-0.2, 0) is 26.2 Å². The van der Waals surface area contributed by atoms with Crippen molar-refractivity contribution >= 4 is 73.9 Å². The summed E-state index contributed by atoms with van der Waals surface area (Å²) in [5.74, 6) is -1.09. The monoisotopic (exact) mass is 629 g/mol. The first-order valence-electron chi connectivity index (χ1n) is 12.0. The molecule has 208 valence electrons. The fourth-order valence-electron chi connectivity index (χ4n) is 3.75. The van der Waals surface area contributed by atoms with Crippen LogP contribution in [0.1, 0.15) is 25.8 Å². The van der Waals surface area contributed by atoms with E-state index in [1.54, 1.807) is 43.3 Å². The van der Waals surface area contributed by atoms with Crippen molar-refractivity contribution in [3.8, 4) is 0 Å². The van der Waals surface area contributed by atoms with E-state index in [0.29, 0.717) is 28.6 Å². The van der Waals surface area contributed by atoms with E-state index < -0.39 is 34.4 Å². The maximum atomic E-state index is 13.9. The topological polar surface area (TPSA) is 86.8 Å². The molecule has 0 spiro atoms. The second kappa shape index (κ2) is 13.7. The van der Waals surface area contributed by atoms with Gasteiger partial charge in [0.25, 0.3) is 10.0 Å². The van der Waals surface area contributed by atoms with Crippen LogP contribution in [0.15, 0.2) is 71.6 Å². The van der Waals surface area contributed by atoms with Gasteiger partial charge in [0.1, 0.15) is 12.6 Å². The minimum Gasteiger partial charge on any atom is -0.354 e. The minimum absolute atomic E-state index is 0.0141. The second-order valence-electron chi connectivity index (χ2n) is 8.59. The van der Waals surface area contributed by atoms with Crippen LogP contribution in [0.2, 0.25) is 20.1 Å². The lowest BCUT2D eigenvalue weighted by Crippen LogP contribution is -2.51. The summed E-state index contributed by atoms with van der Waals surface area (Å²) in [6.45, 7) is 3.05. The number of hydrogen-bond donors (Lipinski definition) is 1. The van der Waals surface area contributed by atoms with Crippen molar-refractivity contribution in [3.63, 3.8) is 0 Å². The van der Waals surface area contributed by atoms with Crippen LogP contribution in [-0.4, -0.2) is 44.3 Å². The number of benzene rings is 3. The molecule has 39 heavy (non-hydrogen) atoms. The standard InChI is InChI=1S/C27H27Cl4N3O4S/c1-3-15-32-27(36)18(2)33(16-20-21(28)11-7-12-22(20)29)25(35)17-34(24-14-8-13-23(30)26(24)31)39(37,38)19-9-5-4-6-10-19/h4-14,18H,3,15-17H2,1-2H3,(H,32,36). The molecule has 0 heterocycles. The van der Waals surface area contributed by atoms with Crippen molar-refractivity contribution in [2.45, 2.75) is 37.8 Å². The van der Waals surface area contributed by atoms with Crippen LogP contribution in [0, 0.1) is 0 Å². The molecule has 1 N–H and O–H groups in total. The maximum Gasteiger partial charge on any atom is 0.264 e. The lowest BCUT2D eigenvalue weighted by Gasteiger charge is -2.32. The molecule has 2 amide bonds. The van der Waals surface area contributed by atoms with E-state index >= 15 is 0 Å². The van der Waals surface area contributed by atoms with Crippen LogP contribution >= 0.6 is 46.4 Å². The Hall–Kier alpha value is -2.49. The van der Waals surface area contributed by atoms with Crippen LogP contribution in [0.25, 0.3) is 0 Å². The number of hydrogen-bond acceptors (Lipinski definition) is 4. The Morgan fingerprint density at radius 3 is 2.08 bits per heavy atom. The molecule has 0 aliphatic heterocycles. The van der Waals surface area contributed by atoms with E-state index in [2.05, 4.69) is 5.32 Å². The van der Waals surface area contributed by atoms with Gasteiger partial charge in [-0.2, -0.15) is 0 Å². The van der Waals surface area contributed by atoms with Gasteiger partial charge < -0.3 is 10.2 Å². The molecule has 0 saturated heterocycles. The first kappa shape index (κ1) is 31.0. The molecule has 1 unspecified atom stereocenters. The zero-order chi connectivity index (χ0) is 28.7. The SMILES string of the molecule is CCCNC(=O)C(C)N(Cc1c(Cl)cccc1Cl)C(=O)CN(c1cccc(Cl)c1Cl)S(=O)(=O)c1ccccc1. The molecule has 3 rings (SSSR count). The van der Waals surface area contributed by atoms with Crippen molar-refractivity contribution in [3.05, 3.63) is 92.4 Å². The molecular weight excluding hydrogens is 604 g/mol. The molecule has 1 atom stereocenters. The van der Waals surface area contributed by atoms with Gasteiger partial charge >= 0.3 is 0 Å². The van der Waals surface area contributed by atoms with E-state index in [-0.39, 0.29) is 27.2 Å². The summed E-state index contributed by atoms with van der Waals surface area (Å²) in [6, 6.07) is 16.0. The van der Waals surface area contributed by atoms with Crippen LogP contribution in [0.3, 0.4) is 0 Å². The Bertz CT molecular complexity index is 1420. The Morgan fingerprint density at radius 1 is 0.872 bits per heavy atom. The average molecular weight is 631 g/mol. The van der Waals surface area contributed by atoms with E-state index in [1.165, 1.54) is 35.2 Å². The molecule has 0 aliphatic rings. The van der Waals surface area contributed by atoms with Gasteiger partial charge in [-0.3, -0.25) is 13.9 Å². The number of carbonyl (C=O) groups excluding carboxylic acids is 2. The van der Waals surface area contributed by atoms with Crippen molar-refractivity contribution in [1.82, 2.24) is 10.2 Å². The second-order valence-corrected chi connectivity index (χ2v) is 12.0. The summed E-state index contributed by atoms with van der Waals surface area (Å²) < 4.78 is 28.5. The quantitative estimate of drug-likeness (QED) is 0.264. The largest absolute Gasteiger partial charge is 0.354 e. The van der Waals surface area contributed by atoms with Gasteiger partial charge in [0.2, 0.25) is 11.8 Å². The predicted molar refractivity (Wildman–Crippen MR) is 157 cm³/mol. The van der Waals surface area contributed by atoms with Gasteiger partial charge in [0.15, 0.2) is 0 Å². The number of anilines is 1. The Labute approximate surface area is 248 Å². The van der Waals surface area contributed by atoms with Gasteiger partial charge in [0.05, 0.1) is 20.6 Å². The lowest BCUT2D eigenvalue weighted by atomic mass is 10.1. The highest BCUT2D eigenvalue weighted by Gasteiger charge is 2.34. The van der Waals surface area contributed by atoms with E-state index in [9.17, 15) is 18.0 Å². The third-order valence-corrected chi connectivity index (χ3v) is 9.21. The van der Waals surface area contributed by atoms with Crippen molar-refractivity contribution in [2.75, 3.05) is 17.4 Å². The van der Waals surface area contributed by atoms with Crippen LogP contribution in [0.5, 0.6) is 0 Å². The third kappa shape index (κ3) is 7.38. The fraction of sp³-hybridized carbons (Fsp3) is 0.259. The number of halogens is 4. The molecule has 12 heteroatoms. The normalized spacial score (nSPS) is 12.1. The molecule has 0 radical (unpaired) electrons. The van der Waals surface area contributed by atoms with Crippen molar-refractivity contribution in [2.24, 2.45) is 0 Å². The zero-order valence-electron chi connectivity index (χ0n) is 21.2. The number of rotatable bonds is 11. The van der Waals surface area contributed by atoms with Gasteiger partial charge in [0, 0.05) is 28.7 Å². The molecular formula is C27H27Cl4N3O4S. The van der Waals surface area contributed by atoms with E-state index in [1.807, 2.05) is 6.92 Å². The Kier molecular flexibility index (Phi) is 10.9. The summed E-state index contributed by atoms with van der Waals surface area (Å²) >= 11 is 25.4. The van der Waals surface area contributed by atoms with Gasteiger partial charge in [-0.1, -0.05) is 83.7 Å². The predicted octanol–water partition coefficient (Wildman–Crippen LogP) is 6.44. The summed E-state index contributed by atoms with van der Waals surface area (Å²) in [7, 11) is -4.28. The first-order chi connectivity index (χ1) is 18.5. The molecule has 0 aromatic heterocycles. The zero-order valence-corrected chi connectivity index (χ0v) is 25.0. The smallest absolute Gasteiger partial charge is 0.264 e. The molecule has 0 fully saturated rings. The van der Waals surface area contributed by atoms with E-state index in [0.717, 1.165) is 4.31 Å². The Balaban J connectivity index is 2.09.